The summed E-state index contributed by atoms with van der Waals surface area (Å²) >= 11 is 0. The Morgan fingerprint density at radius 3 is 1.96 bits per heavy atom. The lowest BCUT2D eigenvalue weighted by atomic mass is 9.98. The van der Waals surface area contributed by atoms with E-state index in [2.05, 4.69) is 10.6 Å². The molecule has 0 bridgehead atoms. The molecule has 2 rings (SSSR count). The summed E-state index contributed by atoms with van der Waals surface area (Å²) < 4.78 is 9.96. The van der Waals surface area contributed by atoms with Gasteiger partial charge in [-0.05, 0) is 0 Å². The molecule has 26 heavy (non-hydrogen) atoms. The summed E-state index contributed by atoms with van der Waals surface area (Å²) in [6, 6.07) is -0.930. The number of aliphatic hydroxyl groups is 8. The van der Waals surface area contributed by atoms with E-state index in [0.29, 0.717) is 0 Å². The first-order valence-electron chi connectivity index (χ1n) is 7.90. The molecule has 0 aliphatic carbocycles. The van der Waals surface area contributed by atoms with Crippen LogP contribution < -0.4 is 10.6 Å². The first-order chi connectivity index (χ1) is 12.2. The van der Waals surface area contributed by atoms with Gasteiger partial charge in [-0.15, -0.1) is 0 Å². The van der Waals surface area contributed by atoms with E-state index >= 15 is 0 Å². The molecule has 1 unspecified atom stereocenters. The van der Waals surface area contributed by atoms with Gasteiger partial charge < -0.3 is 61.0 Å². The molecular formula is C13H24N2O11. The molecule has 2 fully saturated rings. The predicted molar refractivity (Wildman–Crippen MR) is 79.2 cm³/mol. The molecule has 2 amide bonds. The Labute approximate surface area is 147 Å². The van der Waals surface area contributed by atoms with Crippen LogP contribution in [0.25, 0.3) is 0 Å². The van der Waals surface area contributed by atoms with Crippen LogP contribution >= 0.6 is 0 Å². The Bertz CT molecular complexity index is 481. The third kappa shape index (κ3) is 4.40. The quantitative estimate of drug-likeness (QED) is 0.220. The van der Waals surface area contributed by atoms with E-state index in [4.69, 9.17) is 14.6 Å². The lowest BCUT2D eigenvalue weighted by Crippen LogP contribution is -2.64. The number of nitrogens with one attached hydrogen (secondary N) is 2. The van der Waals surface area contributed by atoms with Crippen molar-refractivity contribution >= 4 is 6.03 Å². The number of carbonyl (C=O) groups excluding carboxylic acids is 1. The van der Waals surface area contributed by atoms with Crippen molar-refractivity contribution in [3.8, 4) is 0 Å². The summed E-state index contributed by atoms with van der Waals surface area (Å²) in [5.41, 5.74) is 0. The number of carbonyl (C=O) groups is 1. The fourth-order valence-corrected chi connectivity index (χ4v) is 2.69. The Balaban J connectivity index is 1.86. The van der Waals surface area contributed by atoms with E-state index in [-0.39, 0.29) is 6.54 Å². The number of amides is 2. The maximum atomic E-state index is 11.9. The Hall–Kier alpha value is -1.13. The number of urea groups is 1. The first-order valence-corrected chi connectivity index (χ1v) is 7.90. The number of hydrogen-bond acceptors (Lipinski definition) is 11. The minimum absolute atomic E-state index is 0.384. The second-order valence-electron chi connectivity index (χ2n) is 6.14. The average Bonchev–Trinajstić information content (AvgIpc) is 2.62. The van der Waals surface area contributed by atoms with Gasteiger partial charge in [0.2, 0.25) is 0 Å². The minimum Gasteiger partial charge on any atom is -0.394 e. The third-order valence-electron chi connectivity index (χ3n) is 4.32. The Morgan fingerprint density at radius 1 is 0.769 bits per heavy atom. The average molecular weight is 384 g/mol. The van der Waals surface area contributed by atoms with Crippen molar-refractivity contribution in [1.29, 1.82) is 0 Å². The van der Waals surface area contributed by atoms with Crippen LogP contribution in [-0.2, 0) is 9.47 Å². The molecule has 10 N–H and O–H groups in total. The van der Waals surface area contributed by atoms with Crippen molar-refractivity contribution in [2.75, 3.05) is 13.2 Å². The highest BCUT2D eigenvalue weighted by molar-refractivity contribution is 5.74. The monoisotopic (exact) mass is 384 g/mol. The predicted octanol–water partition coefficient (Wildman–Crippen LogP) is -6.11. The van der Waals surface area contributed by atoms with Crippen molar-refractivity contribution in [2.24, 2.45) is 0 Å². The van der Waals surface area contributed by atoms with Gasteiger partial charge in [-0.3, -0.25) is 0 Å². The SMILES string of the molecule is O=C(NC[C@H]1OC(O)[C@H](O)[C@@H](O)[C@H]1O)N[C@@H]1O[C@H](CO)[C@@H](O)[C@H](O)[C@H]1O. The van der Waals surface area contributed by atoms with E-state index in [1.54, 1.807) is 0 Å². The molecule has 0 spiro atoms. The van der Waals surface area contributed by atoms with Crippen LogP contribution in [0.4, 0.5) is 4.79 Å². The van der Waals surface area contributed by atoms with Crippen LogP contribution in [0.3, 0.4) is 0 Å². The van der Waals surface area contributed by atoms with Gasteiger partial charge in [0.05, 0.1) is 6.61 Å². The van der Waals surface area contributed by atoms with Gasteiger partial charge in [0, 0.05) is 6.54 Å². The molecule has 0 radical (unpaired) electrons. The molecule has 13 nitrogen and oxygen atoms in total. The summed E-state index contributed by atoms with van der Waals surface area (Å²) in [4.78, 5) is 11.9. The summed E-state index contributed by atoms with van der Waals surface area (Å²) in [5, 5.41) is 80.6. The van der Waals surface area contributed by atoms with Crippen LogP contribution in [0, 0.1) is 0 Å². The van der Waals surface area contributed by atoms with Gasteiger partial charge >= 0.3 is 6.03 Å². The zero-order valence-corrected chi connectivity index (χ0v) is 13.5. The zero-order valence-electron chi connectivity index (χ0n) is 13.5. The van der Waals surface area contributed by atoms with Gasteiger partial charge in [0.1, 0.15) is 48.8 Å². The van der Waals surface area contributed by atoms with E-state index in [1.807, 2.05) is 0 Å². The molecule has 2 aliphatic rings. The Morgan fingerprint density at radius 2 is 1.35 bits per heavy atom. The van der Waals surface area contributed by atoms with Gasteiger partial charge in [0.15, 0.2) is 12.5 Å². The highest BCUT2D eigenvalue weighted by Gasteiger charge is 2.45. The summed E-state index contributed by atoms with van der Waals surface area (Å²) in [5.74, 6) is 0. The molecular weight excluding hydrogens is 360 g/mol. The molecule has 0 aromatic carbocycles. The number of ether oxygens (including phenoxy) is 2. The number of rotatable bonds is 4. The summed E-state index contributed by atoms with van der Waals surface area (Å²) in [7, 11) is 0. The Kier molecular flexibility index (Phi) is 7.09. The van der Waals surface area contributed by atoms with Gasteiger partial charge in [-0.1, -0.05) is 0 Å². The summed E-state index contributed by atoms with van der Waals surface area (Å²) in [6.45, 7) is -1.05. The van der Waals surface area contributed by atoms with E-state index in [0.717, 1.165) is 0 Å². The molecule has 13 heteroatoms. The van der Waals surface area contributed by atoms with Gasteiger partial charge in [0.25, 0.3) is 0 Å². The minimum atomic E-state index is -1.76. The van der Waals surface area contributed by atoms with Crippen LogP contribution in [-0.4, -0.2) is 121 Å². The maximum Gasteiger partial charge on any atom is 0.316 e. The maximum absolute atomic E-state index is 11.9. The molecule has 0 aromatic rings. The molecule has 0 saturated carbocycles. The third-order valence-corrected chi connectivity index (χ3v) is 4.32. The standard InChI is InChI=1S/C13H24N2O11/c16-2-4-6(18)7(19)9(21)11(25-4)15-13(24)14-1-3-5(17)8(20)10(22)12(23)26-3/h3-12,16-23H,1-2H2,(H2,14,15,24)/t3-,4-,5+,6-,7+,8+,9-,10-,11-,12?/m1/s1. The van der Waals surface area contributed by atoms with Crippen LogP contribution in [0.5, 0.6) is 0 Å². The first kappa shape index (κ1) is 21.2. The molecule has 2 saturated heterocycles. The van der Waals surface area contributed by atoms with Crippen molar-refractivity contribution in [2.45, 2.75) is 61.3 Å². The van der Waals surface area contributed by atoms with Gasteiger partial charge in [-0.25, -0.2) is 4.79 Å². The van der Waals surface area contributed by atoms with Crippen LogP contribution in [0.15, 0.2) is 0 Å². The lowest BCUT2D eigenvalue weighted by Gasteiger charge is -2.40. The largest absolute Gasteiger partial charge is 0.394 e. The van der Waals surface area contributed by atoms with E-state index in [9.17, 15) is 40.5 Å². The van der Waals surface area contributed by atoms with Crippen molar-refractivity contribution in [3.05, 3.63) is 0 Å². The normalized spacial score (nSPS) is 46.6. The summed E-state index contributed by atoms with van der Waals surface area (Å²) in [6.07, 6.45) is -15.5. The fourth-order valence-electron chi connectivity index (χ4n) is 2.69. The second kappa shape index (κ2) is 8.71. The second-order valence-corrected chi connectivity index (χ2v) is 6.14. The van der Waals surface area contributed by atoms with Crippen molar-refractivity contribution in [3.63, 3.8) is 0 Å². The smallest absolute Gasteiger partial charge is 0.316 e. The molecule has 2 heterocycles. The molecule has 10 atom stereocenters. The highest BCUT2D eigenvalue weighted by atomic mass is 16.6. The van der Waals surface area contributed by atoms with Gasteiger partial charge in [-0.2, -0.15) is 0 Å². The van der Waals surface area contributed by atoms with Crippen molar-refractivity contribution < 1.29 is 55.1 Å². The van der Waals surface area contributed by atoms with Crippen molar-refractivity contribution in [1.82, 2.24) is 10.6 Å². The van der Waals surface area contributed by atoms with Crippen LogP contribution in [0.1, 0.15) is 0 Å². The lowest BCUT2D eigenvalue weighted by molar-refractivity contribution is -0.279. The molecule has 2 aliphatic heterocycles. The zero-order chi connectivity index (χ0) is 19.6. The molecule has 0 aromatic heterocycles. The fraction of sp³-hybridized carbons (Fsp3) is 0.923. The van der Waals surface area contributed by atoms with E-state index in [1.165, 1.54) is 0 Å². The highest BCUT2D eigenvalue weighted by Crippen LogP contribution is 2.20. The van der Waals surface area contributed by atoms with Crippen LogP contribution in [0.2, 0.25) is 0 Å². The number of hydrogen-bond donors (Lipinski definition) is 10. The molecule has 152 valence electrons. The van der Waals surface area contributed by atoms with E-state index < -0.39 is 74.0 Å². The number of aliphatic hydroxyl groups excluding tert-OH is 8. The topological polar surface area (TPSA) is 221 Å².